The maximum atomic E-state index is 5.93. The van der Waals surface area contributed by atoms with E-state index < -0.39 is 8.32 Å². The molecular weight excluding hydrogens is 178 g/mol. The largest absolute Gasteiger partial charge is 0.417 e. The summed E-state index contributed by atoms with van der Waals surface area (Å²) in [5, 5.41) is 3.17. The Hall–Kier alpha value is 0.137. The molecule has 2 nitrogen and oxygen atoms in total. The molecule has 0 aliphatic rings. The molecule has 0 aromatic heterocycles. The zero-order valence-electron chi connectivity index (χ0n) is 9.65. The van der Waals surface area contributed by atoms with Crippen LogP contribution in [-0.4, -0.2) is 28.5 Å². The molecule has 0 aliphatic carbocycles. The minimum atomic E-state index is -1.32. The summed E-state index contributed by atoms with van der Waals surface area (Å²) in [6.45, 7) is 8.93. The van der Waals surface area contributed by atoms with Gasteiger partial charge < -0.3 is 9.74 Å². The molecule has 0 amide bonds. The first-order chi connectivity index (χ1) is 6.12. The van der Waals surface area contributed by atoms with E-state index in [2.05, 4.69) is 25.3 Å². The van der Waals surface area contributed by atoms with Crippen molar-refractivity contribution in [3.05, 3.63) is 0 Å². The second-order valence-corrected chi connectivity index (χ2v) is 8.48. The van der Waals surface area contributed by atoms with Crippen LogP contribution in [0.4, 0.5) is 0 Å². The number of rotatable bonds is 8. The summed E-state index contributed by atoms with van der Waals surface area (Å²) in [6, 6.07) is 1.28. The van der Waals surface area contributed by atoms with Crippen molar-refractivity contribution in [2.24, 2.45) is 0 Å². The first-order valence-corrected chi connectivity index (χ1v) is 8.52. The lowest BCUT2D eigenvalue weighted by atomic mass is 10.4. The Morgan fingerprint density at radius 1 is 1.23 bits per heavy atom. The molecule has 0 saturated carbocycles. The highest BCUT2D eigenvalue weighted by Crippen LogP contribution is 2.13. The Bertz CT molecular complexity index is 105. The van der Waals surface area contributed by atoms with E-state index in [1.807, 2.05) is 7.05 Å². The van der Waals surface area contributed by atoms with E-state index in [4.69, 9.17) is 4.43 Å². The molecule has 13 heavy (non-hydrogen) atoms. The van der Waals surface area contributed by atoms with E-state index in [0.29, 0.717) is 0 Å². The van der Waals surface area contributed by atoms with Crippen LogP contribution in [0.5, 0.6) is 0 Å². The van der Waals surface area contributed by atoms with Gasteiger partial charge in [0.2, 0.25) is 0 Å². The molecule has 3 heteroatoms. The number of hydrogen-bond donors (Lipinski definition) is 1. The summed E-state index contributed by atoms with van der Waals surface area (Å²) < 4.78 is 5.93. The van der Waals surface area contributed by atoms with Crippen molar-refractivity contribution in [1.82, 2.24) is 5.32 Å². The molecule has 1 N–H and O–H groups in total. The van der Waals surface area contributed by atoms with Crippen LogP contribution < -0.4 is 5.32 Å². The average Bonchev–Trinajstić information content (AvgIpc) is 2.05. The van der Waals surface area contributed by atoms with Crippen LogP contribution >= 0.6 is 0 Å². The average molecular weight is 203 g/mol. The second kappa shape index (κ2) is 7.53. The highest BCUT2D eigenvalue weighted by Gasteiger charge is 2.20. The number of hydrogen-bond acceptors (Lipinski definition) is 2. The van der Waals surface area contributed by atoms with Crippen LogP contribution in [0, 0.1) is 0 Å². The number of unbranched alkanes of at least 4 members (excludes halogenated alkanes) is 1. The Balaban J connectivity index is 3.42. The molecule has 0 saturated heterocycles. The van der Waals surface area contributed by atoms with Gasteiger partial charge in [-0.2, -0.15) is 0 Å². The van der Waals surface area contributed by atoms with E-state index in [-0.39, 0.29) is 0 Å². The lowest BCUT2D eigenvalue weighted by Crippen LogP contribution is -2.31. The maximum absolute atomic E-state index is 5.93. The van der Waals surface area contributed by atoms with Gasteiger partial charge in [0, 0.05) is 6.61 Å². The molecule has 0 atom stereocenters. The molecule has 0 radical (unpaired) electrons. The standard InChI is InChI=1S/C10H25NOSi/c1-5-6-9-12-13(3,4)10-7-8-11-2/h11H,5-10H2,1-4H3. The topological polar surface area (TPSA) is 21.3 Å². The summed E-state index contributed by atoms with van der Waals surface area (Å²) in [5.41, 5.74) is 0. The third-order valence-electron chi connectivity index (χ3n) is 2.20. The van der Waals surface area contributed by atoms with Gasteiger partial charge in [-0.15, -0.1) is 0 Å². The van der Waals surface area contributed by atoms with Gasteiger partial charge in [0.15, 0.2) is 8.32 Å². The molecule has 0 aromatic carbocycles. The normalized spacial score (nSPS) is 12.0. The summed E-state index contributed by atoms with van der Waals surface area (Å²) in [7, 11) is 0.689. The Morgan fingerprint density at radius 3 is 2.46 bits per heavy atom. The van der Waals surface area contributed by atoms with Crippen molar-refractivity contribution in [3.63, 3.8) is 0 Å². The first kappa shape index (κ1) is 13.1. The van der Waals surface area contributed by atoms with Crippen molar-refractivity contribution < 1.29 is 4.43 Å². The first-order valence-electron chi connectivity index (χ1n) is 5.41. The molecule has 80 valence electrons. The van der Waals surface area contributed by atoms with Gasteiger partial charge in [-0.05, 0) is 45.6 Å². The fraction of sp³-hybridized carbons (Fsp3) is 1.00. The fourth-order valence-electron chi connectivity index (χ4n) is 1.26. The van der Waals surface area contributed by atoms with Gasteiger partial charge in [0.25, 0.3) is 0 Å². The van der Waals surface area contributed by atoms with Gasteiger partial charge in [0.05, 0.1) is 0 Å². The zero-order valence-corrected chi connectivity index (χ0v) is 10.7. The highest BCUT2D eigenvalue weighted by molar-refractivity contribution is 6.71. The lowest BCUT2D eigenvalue weighted by molar-refractivity contribution is 0.298. The van der Waals surface area contributed by atoms with Crippen molar-refractivity contribution >= 4 is 8.32 Å². The van der Waals surface area contributed by atoms with Crippen molar-refractivity contribution in [1.29, 1.82) is 0 Å². The Morgan fingerprint density at radius 2 is 1.92 bits per heavy atom. The molecule has 0 spiro atoms. The van der Waals surface area contributed by atoms with E-state index in [9.17, 15) is 0 Å². The minimum absolute atomic E-state index is 0.968. The molecule has 0 rings (SSSR count). The van der Waals surface area contributed by atoms with Crippen molar-refractivity contribution in [3.8, 4) is 0 Å². The van der Waals surface area contributed by atoms with Gasteiger partial charge in [-0.25, -0.2) is 0 Å². The van der Waals surface area contributed by atoms with Crippen LogP contribution in [0.25, 0.3) is 0 Å². The zero-order chi connectivity index (χ0) is 10.2. The maximum Gasteiger partial charge on any atom is 0.186 e. The summed E-state index contributed by atoms with van der Waals surface area (Å²) in [6.07, 6.45) is 3.70. The van der Waals surface area contributed by atoms with Gasteiger partial charge in [-0.1, -0.05) is 13.3 Å². The highest BCUT2D eigenvalue weighted by atomic mass is 28.4. The van der Waals surface area contributed by atoms with Crippen LogP contribution in [0.1, 0.15) is 26.2 Å². The van der Waals surface area contributed by atoms with Crippen LogP contribution in [-0.2, 0) is 4.43 Å². The van der Waals surface area contributed by atoms with E-state index in [0.717, 1.165) is 13.2 Å². The van der Waals surface area contributed by atoms with E-state index in [1.54, 1.807) is 0 Å². The van der Waals surface area contributed by atoms with E-state index >= 15 is 0 Å². The van der Waals surface area contributed by atoms with Gasteiger partial charge in [0.1, 0.15) is 0 Å². The Kier molecular flexibility index (Phi) is 7.61. The predicted molar refractivity (Wildman–Crippen MR) is 61.7 cm³/mol. The molecule has 0 unspecified atom stereocenters. The van der Waals surface area contributed by atoms with Crippen molar-refractivity contribution in [2.75, 3.05) is 20.2 Å². The third kappa shape index (κ3) is 8.47. The quantitative estimate of drug-likeness (QED) is 0.484. The summed E-state index contributed by atoms with van der Waals surface area (Å²) in [4.78, 5) is 0. The van der Waals surface area contributed by atoms with Crippen molar-refractivity contribution in [2.45, 2.75) is 45.3 Å². The van der Waals surface area contributed by atoms with Gasteiger partial charge in [-0.3, -0.25) is 0 Å². The Labute approximate surface area is 84.2 Å². The smallest absolute Gasteiger partial charge is 0.186 e. The SMILES string of the molecule is CCCCO[Si](C)(C)CCCNC. The molecule has 0 aliphatic heterocycles. The predicted octanol–water partition coefficient (Wildman–Crippen LogP) is 2.62. The lowest BCUT2D eigenvalue weighted by Gasteiger charge is -2.22. The van der Waals surface area contributed by atoms with E-state index in [1.165, 1.54) is 25.3 Å². The molecule has 0 bridgehead atoms. The minimum Gasteiger partial charge on any atom is -0.417 e. The molecule has 0 heterocycles. The van der Waals surface area contributed by atoms with Crippen LogP contribution in [0.3, 0.4) is 0 Å². The summed E-state index contributed by atoms with van der Waals surface area (Å²) in [5.74, 6) is 0. The molecule has 0 aromatic rings. The monoisotopic (exact) mass is 203 g/mol. The third-order valence-corrected chi connectivity index (χ3v) is 4.74. The van der Waals surface area contributed by atoms with Crippen LogP contribution in [0.2, 0.25) is 19.1 Å². The van der Waals surface area contributed by atoms with Crippen LogP contribution in [0.15, 0.2) is 0 Å². The fourth-order valence-corrected chi connectivity index (χ4v) is 3.13. The van der Waals surface area contributed by atoms with Gasteiger partial charge >= 0.3 is 0 Å². The molecular formula is C10H25NOSi. The molecule has 0 fully saturated rings. The second-order valence-electron chi connectivity index (χ2n) is 4.17. The number of nitrogens with one attached hydrogen (secondary N) is 1. The summed E-state index contributed by atoms with van der Waals surface area (Å²) >= 11 is 0.